The van der Waals surface area contributed by atoms with Crippen molar-refractivity contribution in [1.82, 2.24) is 5.32 Å². The van der Waals surface area contributed by atoms with Crippen molar-refractivity contribution >= 4 is 5.71 Å². The summed E-state index contributed by atoms with van der Waals surface area (Å²) in [5.74, 6) is 0. The van der Waals surface area contributed by atoms with Crippen LogP contribution in [-0.2, 0) is 4.29 Å². The fourth-order valence-corrected chi connectivity index (χ4v) is 1.47. The minimum absolute atomic E-state index is 0.0914. The molecule has 0 fully saturated rings. The van der Waals surface area contributed by atoms with E-state index in [1.807, 2.05) is 0 Å². The summed E-state index contributed by atoms with van der Waals surface area (Å²) in [5.41, 5.74) is 1.45. The minimum Gasteiger partial charge on any atom is -0.349 e. The van der Waals surface area contributed by atoms with Gasteiger partial charge in [0.2, 0.25) is 0 Å². The van der Waals surface area contributed by atoms with Crippen LogP contribution in [0.5, 0.6) is 0 Å². The molecule has 1 rings (SSSR count). The Kier molecular flexibility index (Phi) is 3.46. The number of nitrogens with one attached hydrogen (secondary N) is 1. The lowest BCUT2D eigenvalue weighted by molar-refractivity contribution is -1.92. The summed E-state index contributed by atoms with van der Waals surface area (Å²) in [6.45, 7) is 3.60. The van der Waals surface area contributed by atoms with Crippen LogP contribution in [0, 0.1) is 10.2 Å². The highest BCUT2D eigenvalue weighted by molar-refractivity contribution is 5.93. The molecule has 1 aliphatic heterocycles. The molecular weight excluding hydrogens is 212 g/mol. The first-order chi connectivity index (χ1) is 6.37. The zero-order valence-electron chi connectivity index (χ0n) is 7.82. The fraction of sp³-hybridized carbons (Fsp3) is 0.571. The fourth-order valence-electron chi connectivity index (χ4n) is 1.11. The second-order valence-corrected chi connectivity index (χ2v) is 3.84. The van der Waals surface area contributed by atoms with Crippen molar-refractivity contribution in [2.75, 3.05) is 6.54 Å². The predicted molar refractivity (Wildman–Crippen MR) is 39.7 cm³/mol. The third-order valence-corrected chi connectivity index (χ3v) is 1.97. The molecule has 0 spiro atoms. The first-order valence-electron chi connectivity index (χ1n) is 3.92. The van der Waals surface area contributed by atoms with Crippen molar-refractivity contribution in [3.63, 3.8) is 0 Å². The van der Waals surface area contributed by atoms with Crippen LogP contribution in [-0.4, -0.2) is 18.5 Å². The molecule has 1 unspecified atom stereocenters. The average Bonchev–Trinajstić information content (AvgIpc) is 2.08. The zero-order valence-corrected chi connectivity index (χ0v) is 8.58. The maximum atomic E-state index is 10.3. The van der Waals surface area contributed by atoms with Crippen molar-refractivity contribution in [1.29, 1.82) is 0 Å². The van der Waals surface area contributed by atoms with Gasteiger partial charge in [-0.05, 0) is 19.9 Å². The molecule has 0 aromatic heterocycles. The van der Waals surface area contributed by atoms with Crippen LogP contribution < -0.4 is 19.3 Å². The van der Waals surface area contributed by atoms with Gasteiger partial charge in [0.25, 0.3) is 0 Å². The van der Waals surface area contributed by atoms with Gasteiger partial charge in [-0.1, -0.05) is 0 Å². The Morgan fingerprint density at radius 2 is 2.14 bits per heavy atom. The van der Waals surface area contributed by atoms with E-state index in [1.165, 1.54) is 0 Å². The van der Waals surface area contributed by atoms with Crippen molar-refractivity contribution in [2.45, 2.75) is 20.1 Å². The number of hydrogen-bond donors (Lipinski definition) is 1. The van der Waals surface area contributed by atoms with Gasteiger partial charge in [-0.3, -0.25) is 4.99 Å². The molecular formula is C7H11ClN2O4. The molecule has 1 atom stereocenters. The number of nitrogens with zero attached hydrogens (tertiary/aromatic N) is 1. The monoisotopic (exact) mass is 222 g/mol. The van der Waals surface area contributed by atoms with Crippen LogP contribution in [0.1, 0.15) is 13.8 Å². The summed E-state index contributed by atoms with van der Waals surface area (Å²) in [6, 6.07) is 0. The maximum absolute atomic E-state index is 10.3. The second kappa shape index (κ2) is 4.24. The number of halogens is 1. The van der Waals surface area contributed by atoms with Crippen LogP contribution in [0.15, 0.2) is 16.8 Å². The first-order valence-corrected chi connectivity index (χ1v) is 5.15. The number of rotatable bonds is 2. The Morgan fingerprint density at radius 1 is 1.50 bits per heavy atom. The Labute approximate surface area is 83.6 Å². The Hall–Kier alpha value is -0.660. The highest BCUT2D eigenvalue weighted by Crippen LogP contribution is 2.04. The minimum atomic E-state index is -4.42. The van der Waals surface area contributed by atoms with E-state index in [-0.39, 0.29) is 6.54 Å². The van der Waals surface area contributed by atoms with Crippen LogP contribution in [0.2, 0.25) is 0 Å². The quantitative estimate of drug-likeness (QED) is 0.544. The van der Waals surface area contributed by atoms with Gasteiger partial charge in [-0.15, -0.1) is 0 Å². The summed E-state index contributed by atoms with van der Waals surface area (Å²) < 4.78 is 35.1. The Morgan fingerprint density at radius 3 is 2.71 bits per heavy atom. The second-order valence-electron chi connectivity index (χ2n) is 2.91. The van der Waals surface area contributed by atoms with Gasteiger partial charge in [-0.25, -0.2) is 0 Å². The van der Waals surface area contributed by atoms with Crippen LogP contribution in [0.25, 0.3) is 0 Å². The van der Waals surface area contributed by atoms with Gasteiger partial charge in [0.05, 0.1) is 14.5 Å². The maximum Gasteiger partial charge on any atom is 0.304 e. The van der Waals surface area contributed by atoms with Crippen molar-refractivity contribution in [3.8, 4) is 0 Å². The zero-order chi connectivity index (χ0) is 10.8. The van der Waals surface area contributed by atoms with Crippen molar-refractivity contribution < 1.29 is 28.5 Å². The molecule has 6 nitrogen and oxygen atoms in total. The van der Waals surface area contributed by atoms with Gasteiger partial charge < -0.3 is 5.32 Å². The molecule has 0 aromatic rings. The van der Waals surface area contributed by atoms with E-state index in [0.717, 1.165) is 5.71 Å². The molecule has 0 aliphatic carbocycles. The molecule has 1 aliphatic rings. The van der Waals surface area contributed by atoms with E-state index in [9.17, 15) is 14.0 Å². The van der Waals surface area contributed by atoms with E-state index < -0.39 is 16.5 Å². The lowest BCUT2D eigenvalue weighted by Gasteiger charge is -2.18. The molecule has 14 heavy (non-hydrogen) atoms. The highest BCUT2D eigenvalue weighted by atomic mass is 35.7. The van der Waals surface area contributed by atoms with Crippen LogP contribution in [0.4, 0.5) is 0 Å². The smallest absolute Gasteiger partial charge is 0.304 e. The van der Waals surface area contributed by atoms with Gasteiger partial charge >= 0.3 is 6.23 Å². The van der Waals surface area contributed by atoms with E-state index in [0.29, 0.717) is 5.70 Å². The predicted octanol–water partition coefficient (Wildman–Crippen LogP) is -2.81. The lowest BCUT2D eigenvalue weighted by atomic mass is 10.3. The molecule has 0 bridgehead atoms. The summed E-state index contributed by atoms with van der Waals surface area (Å²) in [4.78, 5) is 3.98. The lowest BCUT2D eigenvalue weighted by Crippen LogP contribution is -2.63. The van der Waals surface area contributed by atoms with Gasteiger partial charge in [0, 0.05) is 11.4 Å². The normalized spacial score (nSPS) is 23.4. The largest absolute Gasteiger partial charge is 0.349 e. The van der Waals surface area contributed by atoms with Crippen molar-refractivity contribution in [2.24, 2.45) is 4.99 Å². The van der Waals surface area contributed by atoms with E-state index >= 15 is 0 Å². The highest BCUT2D eigenvalue weighted by Gasteiger charge is 2.29. The summed E-state index contributed by atoms with van der Waals surface area (Å²) in [6.07, 6.45) is 0.811. The third kappa shape index (κ3) is 4.03. The topological polar surface area (TPSA) is 103 Å². The Balaban J connectivity index is 2.62. The standard InChI is InChI=1S/C7H11ClN2O4/c1-5-3-6(2)10-7(4-9-5)14-8(11,12)13/h3,7,10H,4H2,1-2H3. The summed E-state index contributed by atoms with van der Waals surface area (Å²) in [7, 11) is -4.42. The molecule has 0 saturated carbocycles. The van der Waals surface area contributed by atoms with Gasteiger partial charge in [0.15, 0.2) is 0 Å². The molecule has 1 N–H and O–H groups in total. The molecule has 7 heteroatoms. The number of allylic oxidation sites excluding steroid dienone is 2. The van der Waals surface area contributed by atoms with Gasteiger partial charge in [0.1, 0.15) is 6.54 Å². The third-order valence-electron chi connectivity index (χ3n) is 1.54. The first kappa shape index (κ1) is 11.4. The Bertz CT molecular complexity index is 271. The molecule has 80 valence electrons. The van der Waals surface area contributed by atoms with Crippen LogP contribution in [0.3, 0.4) is 0 Å². The van der Waals surface area contributed by atoms with Gasteiger partial charge in [-0.2, -0.15) is 14.0 Å². The van der Waals surface area contributed by atoms with Crippen LogP contribution >= 0.6 is 0 Å². The average molecular weight is 223 g/mol. The summed E-state index contributed by atoms with van der Waals surface area (Å²) >= 11 is 0. The van der Waals surface area contributed by atoms with E-state index in [4.69, 9.17) is 0 Å². The molecule has 0 aromatic carbocycles. The number of hydrogen-bond acceptors (Lipinski definition) is 6. The molecule has 0 amide bonds. The molecule has 1 heterocycles. The SMILES string of the molecule is CC1=CC(C)=NCC(O[Cl+3]([O-])([O-])[O-])N1. The van der Waals surface area contributed by atoms with E-state index in [2.05, 4.69) is 14.6 Å². The van der Waals surface area contributed by atoms with Crippen molar-refractivity contribution in [3.05, 3.63) is 11.8 Å². The van der Waals surface area contributed by atoms with E-state index in [1.54, 1.807) is 19.9 Å². The molecule has 0 saturated heterocycles. The summed E-state index contributed by atoms with van der Waals surface area (Å²) in [5, 5.41) is 2.70. The molecule has 0 radical (unpaired) electrons. The number of aliphatic imine (C=N–C) groups is 1.